The molecule has 0 rings (SSSR count). The number of allylic oxidation sites excluding steroid dienone is 2. The number of carbonyl (C=O) groups excluding carboxylic acids is 1. The van der Waals surface area contributed by atoms with Crippen LogP contribution in [-0.4, -0.2) is 17.0 Å². The van der Waals surface area contributed by atoms with Crippen LogP contribution in [0.5, 0.6) is 0 Å². The molecule has 0 aliphatic heterocycles. The van der Waals surface area contributed by atoms with Crippen LogP contribution in [0.4, 0.5) is 0 Å². The van der Waals surface area contributed by atoms with Crippen molar-refractivity contribution in [1.29, 1.82) is 0 Å². The highest BCUT2D eigenvalue weighted by atomic mass is 16.4. The van der Waals surface area contributed by atoms with Crippen molar-refractivity contribution in [2.75, 3.05) is 0 Å². The Labute approximate surface area is 148 Å². The zero-order chi connectivity index (χ0) is 18.5. The van der Waals surface area contributed by atoms with Crippen molar-refractivity contribution < 1.29 is 14.7 Å². The molecule has 1 amide bonds. The minimum atomic E-state index is -0.833. The van der Waals surface area contributed by atoms with Crippen molar-refractivity contribution in [1.82, 2.24) is 0 Å². The molecule has 4 heteroatoms. The number of hydrogen-bond acceptors (Lipinski definition) is 2. The standard InChI is InChI=1S/C18H35NO.C2H4O2/c1-2-3-4-5-6-7-8-9-10-11-12-13-14-15-16-17-18(19)20;1-2(3)4/h9-10H,2-8,11-17H2,1H3,(H2,19,20);1H3,(H,3,4)/b10-9-;. The van der Waals surface area contributed by atoms with Crippen LogP contribution in [0, 0.1) is 0 Å². The molecule has 0 aromatic carbocycles. The van der Waals surface area contributed by atoms with Crippen LogP contribution in [0.3, 0.4) is 0 Å². The number of rotatable bonds is 15. The number of carbonyl (C=O) groups is 2. The number of nitrogens with two attached hydrogens (primary N) is 1. The molecule has 0 aliphatic rings. The molecule has 0 saturated carbocycles. The fraction of sp³-hybridized carbons (Fsp3) is 0.800. The lowest BCUT2D eigenvalue weighted by Crippen LogP contribution is -2.09. The van der Waals surface area contributed by atoms with Gasteiger partial charge in [-0.1, -0.05) is 70.4 Å². The molecule has 0 aromatic heterocycles. The van der Waals surface area contributed by atoms with E-state index in [-0.39, 0.29) is 5.91 Å². The molecule has 0 saturated heterocycles. The van der Waals surface area contributed by atoms with Gasteiger partial charge >= 0.3 is 0 Å². The first-order valence-electron chi connectivity index (χ1n) is 9.63. The quantitative estimate of drug-likeness (QED) is 0.300. The molecule has 0 heterocycles. The van der Waals surface area contributed by atoms with Gasteiger partial charge in [-0.05, 0) is 32.1 Å². The number of primary amides is 1. The Hall–Kier alpha value is -1.32. The molecule has 0 fully saturated rings. The van der Waals surface area contributed by atoms with Gasteiger partial charge in [-0.25, -0.2) is 0 Å². The second kappa shape index (κ2) is 21.7. The minimum Gasteiger partial charge on any atom is -0.481 e. The van der Waals surface area contributed by atoms with E-state index in [1.165, 1.54) is 70.6 Å². The summed E-state index contributed by atoms with van der Waals surface area (Å²) in [7, 11) is 0. The summed E-state index contributed by atoms with van der Waals surface area (Å²) in [4.78, 5) is 19.5. The van der Waals surface area contributed by atoms with Gasteiger partial charge in [0.1, 0.15) is 0 Å². The van der Waals surface area contributed by atoms with E-state index in [1.54, 1.807) is 0 Å². The van der Waals surface area contributed by atoms with Crippen LogP contribution < -0.4 is 5.73 Å². The van der Waals surface area contributed by atoms with Crippen LogP contribution >= 0.6 is 0 Å². The van der Waals surface area contributed by atoms with E-state index < -0.39 is 5.97 Å². The van der Waals surface area contributed by atoms with Gasteiger partial charge in [-0.15, -0.1) is 0 Å². The van der Waals surface area contributed by atoms with Gasteiger partial charge in [0.15, 0.2) is 0 Å². The number of aliphatic carboxylic acids is 1. The zero-order valence-electron chi connectivity index (χ0n) is 15.9. The average Bonchev–Trinajstić information content (AvgIpc) is 2.50. The Morgan fingerprint density at radius 3 is 1.58 bits per heavy atom. The second-order valence-electron chi connectivity index (χ2n) is 6.32. The number of unbranched alkanes of at least 4 members (excludes halogenated alkanes) is 11. The first-order valence-corrected chi connectivity index (χ1v) is 9.63. The van der Waals surface area contributed by atoms with Gasteiger partial charge in [0.25, 0.3) is 5.97 Å². The lowest BCUT2D eigenvalue weighted by atomic mass is 10.1. The van der Waals surface area contributed by atoms with E-state index in [9.17, 15) is 4.79 Å². The number of hydrogen-bond donors (Lipinski definition) is 2. The van der Waals surface area contributed by atoms with Crippen LogP contribution in [0.1, 0.15) is 104 Å². The molecular formula is C20H39NO3. The maximum Gasteiger partial charge on any atom is 0.300 e. The fourth-order valence-corrected chi connectivity index (χ4v) is 2.37. The largest absolute Gasteiger partial charge is 0.481 e. The summed E-state index contributed by atoms with van der Waals surface area (Å²) < 4.78 is 0. The molecule has 0 atom stereocenters. The monoisotopic (exact) mass is 341 g/mol. The van der Waals surface area contributed by atoms with Crippen molar-refractivity contribution >= 4 is 11.9 Å². The zero-order valence-corrected chi connectivity index (χ0v) is 15.9. The molecule has 0 aliphatic carbocycles. The van der Waals surface area contributed by atoms with Crippen LogP contribution in [-0.2, 0) is 9.59 Å². The summed E-state index contributed by atoms with van der Waals surface area (Å²) in [5.41, 5.74) is 5.10. The molecule has 0 aromatic rings. The van der Waals surface area contributed by atoms with E-state index in [2.05, 4.69) is 19.1 Å². The summed E-state index contributed by atoms with van der Waals surface area (Å²) in [6.45, 7) is 3.35. The summed E-state index contributed by atoms with van der Waals surface area (Å²) in [6.07, 6.45) is 21.9. The second-order valence-corrected chi connectivity index (χ2v) is 6.32. The van der Waals surface area contributed by atoms with Gasteiger partial charge < -0.3 is 10.8 Å². The SMILES string of the molecule is CC(=O)O.CCCCCCCC/C=C\CCCCCCCC(N)=O. The van der Waals surface area contributed by atoms with E-state index in [4.69, 9.17) is 15.6 Å². The van der Waals surface area contributed by atoms with E-state index in [0.29, 0.717) is 6.42 Å². The Morgan fingerprint density at radius 1 is 0.792 bits per heavy atom. The molecule has 3 N–H and O–H groups in total. The summed E-state index contributed by atoms with van der Waals surface area (Å²) in [5.74, 6) is -0.998. The van der Waals surface area contributed by atoms with Crippen molar-refractivity contribution in [3.05, 3.63) is 12.2 Å². The molecular weight excluding hydrogens is 302 g/mol. The lowest BCUT2D eigenvalue weighted by Gasteiger charge is -1.99. The molecule has 0 radical (unpaired) electrons. The highest BCUT2D eigenvalue weighted by molar-refractivity contribution is 5.73. The molecule has 24 heavy (non-hydrogen) atoms. The van der Waals surface area contributed by atoms with Crippen molar-refractivity contribution in [3.8, 4) is 0 Å². The van der Waals surface area contributed by atoms with E-state index in [0.717, 1.165) is 19.8 Å². The third-order valence-electron chi connectivity index (χ3n) is 3.68. The first-order chi connectivity index (χ1) is 11.5. The average molecular weight is 342 g/mol. The summed E-state index contributed by atoms with van der Waals surface area (Å²) in [5, 5.41) is 7.42. The molecule has 4 nitrogen and oxygen atoms in total. The molecule has 0 unspecified atom stereocenters. The van der Waals surface area contributed by atoms with E-state index in [1.807, 2.05) is 0 Å². The molecule has 0 spiro atoms. The van der Waals surface area contributed by atoms with Crippen LogP contribution in [0.25, 0.3) is 0 Å². The third-order valence-corrected chi connectivity index (χ3v) is 3.68. The lowest BCUT2D eigenvalue weighted by molar-refractivity contribution is -0.134. The predicted octanol–water partition coefficient (Wildman–Crippen LogP) is 5.60. The van der Waals surface area contributed by atoms with Crippen molar-refractivity contribution in [2.24, 2.45) is 5.73 Å². The smallest absolute Gasteiger partial charge is 0.300 e. The van der Waals surface area contributed by atoms with Gasteiger partial charge in [0.05, 0.1) is 0 Å². The van der Waals surface area contributed by atoms with E-state index >= 15 is 0 Å². The first kappa shape index (κ1) is 24.9. The number of amides is 1. The van der Waals surface area contributed by atoms with Gasteiger partial charge in [0, 0.05) is 13.3 Å². The highest BCUT2D eigenvalue weighted by Gasteiger charge is 1.94. The maximum atomic E-state index is 10.5. The van der Waals surface area contributed by atoms with Crippen LogP contribution in [0.2, 0.25) is 0 Å². The Balaban J connectivity index is 0. The number of carboxylic acid groups (broad SMARTS) is 1. The van der Waals surface area contributed by atoms with Crippen molar-refractivity contribution in [3.63, 3.8) is 0 Å². The summed E-state index contributed by atoms with van der Waals surface area (Å²) in [6, 6.07) is 0. The van der Waals surface area contributed by atoms with Gasteiger partial charge in [-0.3, -0.25) is 9.59 Å². The molecule has 142 valence electrons. The van der Waals surface area contributed by atoms with Gasteiger partial charge in [-0.2, -0.15) is 0 Å². The number of carboxylic acids is 1. The predicted molar refractivity (Wildman–Crippen MR) is 102 cm³/mol. The maximum absolute atomic E-state index is 10.5. The summed E-state index contributed by atoms with van der Waals surface area (Å²) >= 11 is 0. The third kappa shape index (κ3) is 32.6. The minimum absolute atomic E-state index is 0.164. The highest BCUT2D eigenvalue weighted by Crippen LogP contribution is 2.09. The van der Waals surface area contributed by atoms with Crippen molar-refractivity contribution in [2.45, 2.75) is 104 Å². The fourth-order valence-electron chi connectivity index (χ4n) is 2.37. The Morgan fingerprint density at radius 2 is 1.17 bits per heavy atom. The topological polar surface area (TPSA) is 80.4 Å². The van der Waals surface area contributed by atoms with Gasteiger partial charge in [0.2, 0.25) is 5.91 Å². The Kier molecular flexibility index (Phi) is 22.5. The molecule has 0 bridgehead atoms. The van der Waals surface area contributed by atoms with Crippen LogP contribution in [0.15, 0.2) is 12.2 Å². The normalized spacial score (nSPS) is 10.4. The Bertz CT molecular complexity index is 310.